The minimum Gasteiger partial charge on any atom is -0.298 e. The number of hydrogen-bond donors (Lipinski definition) is 0. The second-order valence-corrected chi connectivity index (χ2v) is 6.50. The standard InChI is InChI=1S/C16H21N5O/c1-12-4-5-16(22)21(18-12)10-13-8-19(9-13)11-14-7-17-20-6-2-3-15(14)20/h4-5,7,13H,2-3,6,8-11H2,1H3. The number of likely N-dealkylation sites (tertiary alicyclic amines) is 1. The Morgan fingerprint density at radius 3 is 3.05 bits per heavy atom. The molecule has 2 aliphatic heterocycles. The van der Waals surface area contributed by atoms with Crippen LogP contribution in [0, 0.1) is 12.8 Å². The van der Waals surface area contributed by atoms with Gasteiger partial charge in [0.15, 0.2) is 0 Å². The van der Waals surface area contributed by atoms with Gasteiger partial charge in [-0.25, -0.2) is 4.68 Å². The third-order valence-corrected chi connectivity index (χ3v) is 4.68. The molecule has 116 valence electrons. The molecular weight excluding hydrogens is 278 g/mol. The summed E-state index contributed by atoms with van der Waals surface area (Å²) in [6.45, 7) is 6.77. The Bertz CT molecular complexity index is 741. The molecule has 1 saturated heterocycles. The zero-order valence-electron chi connectivity index (χ0n) is 12.9. The molecule has 1 fully saturated rings. The van der Waals surface area contributed by atoms with Crippen molar-refractivity contribution in [1.29, 1.82) is 0 Å². The predicted octanol–water partition coefficient (Wildman–Crippen LogP) is 0.826. The number of aryl methyl sites for hydroxylation is 2. The number of nitrogens with zero attached hydrogens (tertiary/aromatic N) is 5. The van der Waals surface area contributed by atoms with Crippen LogP contribution in [-0.4, -0.2) is 37.6 Å². The van der Waals surface area contributed by atoms with Gasteiger partial charge in [-0.05, 0) is 25.8 Å². The summed E-state index contributed by atoms with van der Waals surface area (Å²) < 4.78 is 3.75. The first kappa shape index (κ1) is 13.7. The number of hydrogen-bond acceptors (Lipinski definition) is 4. The highest BCUT2D eigenvalue weighted by atomic mass is 16.1. The Hall–Kier alpha value is -1.95. The highest BCUT2D eigenvalue weighted by Gasteiger charge is 2.29. The van der Waals surface area contributed by atoms with Crippen molar-refractivity contribution in [3.05, 3.63) is 45.6 Å². The minimum atomic E-state index is -0.00138. The van der Waals surface area contributed by atoms with Crippen LogP contribution in [0.4, 0.5) is 0 Å². The second-order valence-electron chi connectivity index (χ2n) is 6.50. The quantitative estimate of drug-likeness (QED) is 0.839. The van der Waals surface area contributed by atoms with Crippen LogP contribution in [-0.2, 0) is 26.1 Å². The molecule has 4 rings (SSSR count). The van der Waals surface area contributed by atoms with Crippen molar-refractivity contribution in [2.45, 2.75) is 39.4 Å². The van der Waals surface area contributed by atoms with Gasteiger partial charge in [-0.1, -0.05) is 0 Å². The van der Waals surface area contributed by atoms with Crippen molar-refractivity contribution >= 4 is 0 Å². The van der Waals surface area contributed by atoms with Gasteiger partial charge in [-0.15, -0.1) is 0 Å². The van der Waals surface area contributed by atoms with E-state index in [0.29, 0.717) is 5.92 Å². The first-order chi connectivity index (χ1) is 10.7. The van der Waals surface area contributed by atoms with Crippen molar-refractivity contribution in [2.75, 3.05) is 13.1 Å². The molecular formula is C16H21N5O. The van der Waals surface area contributed by atoms with Crippen molar-refractivity contribution in [1.82, 2.24) is 24.5 Å². The Kier molecular flexibility index (Phi) is 3.33. The van der Waals surface area contributed by atoms with E-state index in [4.69, 9.17) is 0 Å². The fraction of sp³-hybridized carbons (Fsp3) is 0.562. The molecule has 22 heavy (non-hydrogen) atoms. The van der Waals surface area contributed by atoms with Crippen LogP contribution in [0.5, 0.6) is 0 Å². The van der Waals surface area contributed by atoms with E-state index in [1.54, 1.807) is 16.8 Å². The van der Waals surface area contributed by atoms with Crippen molar-refractivity contribution < 1.29 is 0 Å². The molecule has 0 aliphatic carbocycles. The second kappa shape index (κ2) is 5.35. The lowest BCUT2D eigenvalue weighted by atomic mass is 9.99. The largest absolute Gasteiger partial charge is 0.298 e. The van der Waals surface area contributed by atoms with Crippen molar-refractivity contribution in [2.24, 2.45) is 5.92 Å². The summed E-state index contributed by atoms with van der Waals surface area (Å²) in [5.74, 6) is 0.524. The number of fused-ring (bicyclic) bond motifs is 1. The molecule has 0 amide bonds. The number of aromatic nitrogens is 4. The van der Waals surface area contributed by atoms with Crippen molar-refractivity contribution in [3.63, 3.8) is 0 Å². The molecule has 0 saturated carbocycles. The van der Waals surface area contributed by atoms with Gasteiger partial charge >= 0.3 is 0 Å². The van der Waals surface area contributed by atoms with Crippen LogP contribution < -0.4 is 5.56 Å². The molecule has 0 bridgehead atoms. The maximum absolute atomic E-state index is 11.8. The molecule has 2 aromatic heterocycles. The summed E-state index contributed by atoms with van der Waals surface area (Å²) in [6.07, 6.45) is 4.41. The lowest BCUT2D eigenvalue weighted by Crippen LogP contribution is -2.49. The van der Waals surface area contributed by atoms with E-state index in [9.17, 15) is 4.79 Å². The molecule has 0 spiro atoms. The van der Waals surface area contributed by atoms with Crippen LogP contribution in [0.2, 0.25) is 0 Å². The Morgan fingerprint density at radius 1 is 1.32 bits per heavy atom. The Morgan fingerprint density at radius 2 is 2.18 bits per heavy atom. The lowest BCUT2D eigenvalue weighted by molar-refractivity contribution is 0.0763. The van der Waals surface area contributed by atoms with Gasteiger partial charge in [-0.3, -0.25) is 14.4 Å². The smallest absolute Gasteiger partial charge is 0.266 e. The highest BCUT2D eigenvalue weighted by molar-refractivity contribution is 5.20. The summed E-state index contributed by atoms with van der Waals surface area (Å²) in [5, 5.41) is 8.77. The van der Waals surface area contributed by atoms with E-state index in [1.807, 2.05) is 13.1 Å². The van der Waals surface area contributed by atoms with Gasteiger partial charge in [-0.2, -0.15) is 10.2 Å². The van der Waals surface area contributed by atoms with Gasteiger partial charge in [0.1, 0.15) is 0 Å². The van der Waals surface area contributed by atoms with E-state index < -0.39 is 0 Å². The van der Waals surface area contributed by atoms with Crippen LogP contribution in [0.1, 0.15) is 23.4 Å². The van der Waals surface area contributed by atoms with Crippen LogP contribution in [0.15, 0.2) is 23.1 Å². The molecule has 0 atom stereocenters. The summed E-state index contributed by atoms with van der Waals surface area (Å²) in [4.78, 5) is 14.2. The summed E-state index contributed by atoms with van der Waals surface area (Å²) >= 11 is 0. The van der Waals surface area contributed by atoms with Gasteiger partial charge in [0.2, 0.25) is 0 Å². The maximum atomic E-state index is 11.8. The molecule has 0 unspecified atom stereocenters. The SMILES string of the molecule is Cc1ccc(=O)n(CC2CN(Cc3cnn4c3CCC4)C2)n1. The molecule has 4 heterocycles. The highest BCUT2D eigenvalue weighted by Crippen LogP contribution is 2.24. The lowest BCUT2D eigenvalue weighted by Gasteiger charge is -2.39. The Labute approximate surface area is 129 Å². The fourth-order valence-corrected chi connectivity index (χ4v) is 3.55. The first-order valence-electron chi connectivity index (χ1n) is 8.00. The maximum Gasteiger partial charge on any atom is 0.266 e. The van der Waals surface area contributed by atoms with Crippen molar-refractivity contribution in [3.8, 4) is 0 Å². The molecule has 2 aromatic rings. The van der Waals surface area contributed by atoms with E-state index >= 15 is 0 Å². The van der Waals surface area contributed by atoms with Gasteiger partial charge < -0.3 is 0 Å². The Balaban J connectivity index is 1.34. The normalized spacial score (nSPS) is 18.4. The van der Waals surface area contributed by atoms with Crippen LogP contribution in [0.3, 0.4) is 0 Å². The third-order valence-electron chi connectivity index (χ3n) is 4.68. The van der Waals surface area contributed by atoms with E-state index in [1.165, 1.54) is 17.7 Å². The molecule has 0 aromatic carbocycles. The van der Waals surface area contributed by atoms with E-state index in [0.717, 1.165) is 44.8 Å². The molecule has 0 radical (unpaired) electrons. The molecule has 2 aliphatic rings. The topological polar surface area (TPSA) is 56.0 Å². The minimum absolute atomic E-state index is 0.00138. The third kappa shape index (κ3) is 2.47. The van der Waals surface area contributed by atoms with E-state index in [2.05, 4.69) is 19.8 Å². The van der Waals surface area contributed by atoms with Crippen LogP contribution >= 0.6 is 0 Å². The number of rotatable bonds is 4. The predicted molar refractivity (Wildman–Crippen MR) is 82.5 cm³/mol. The average Bonchev–Trinajstić information content (AvgIpc) is 3.04. The molecule has 0 N–H and O–H groups in total. The zero-order valence-corrected chi connectivity index (χ0v) is 12.9. The summed E-state index contributed by atoms with van der Waals surface area (Å²) in [5.41, 5.74) is 3.69. The van der Waals surface area contributed by atoms with Gasteiger partial charge in [0, 0.05) is 49.4 Å². The zero-order chi connectivity index (χ0) is 15.1. The monoisotopic (exact) mass is 299 g/mol. The van der Waals surface area contributed by atoms with Crippen LogP contribution in [0.25, 0.3) is 0 Å². The fourth-order valence-electron chi connectivity index (χ4n) is 3.55. The van der Waals surface area contributed by atoms with Gasteiger partial charge in [0.05, 0.1) is 18.4 Å². The van der Waals surface area contributed by atoms with Gasteiger partial charge in [0.25, 0.3) is 5.56 Å². The summed E-state index contributed by atoms with van der Waals surface area (Å²) in [7, 11) is 0. The molecule has 6 nitrogen and oxygen atoms in total. The average molecular weight is 299 g/mol. The van der Waals surface area contributed by atoms with E-state index in [-0.39, 0.29) is 5.56 Å². The summed E-state index contributed by atoms with van der Waals surface area (Å²) in [6, 6.07) is 3.38. The first-order valence-corrected chi connectivity index (χ1v) is 8.00. The molecule has 6 heteroatoms.